The second-order valence-corrected chi connectivity index (χ2v) is 6.24. The van der Waals surface area contributed by atoms with E-state index >= 15 is 0 Å². The van der Waals surface area contributed by atoms with Gasteiger partial charge in [0.25, 0.3) is 5.91 Å². The van der Waals surface area contributed by atoms with Crippen molar-refractivity contribution in [2.24, 2.45) is 0 Å². The predicted molar refractivity (Wildman–Crippen MR) is 93.9 cm³/mol. The van der Waals surface area contributed by atoms with Crippen LogP contribution in [0.1, 0.15) is 34.9 Å². The molecule has 1 aliphatic heterocycles. The van der Waals surface area contributed by atoms with Crippen molar-refractivity contribution in [2.75, 3.05) is 13.1 Å². The van der Waals surface area contributed by atoms with E-state index in [1.54, 1.807) is 24.5 Å². The topological polar surface area (TPSA) is 74.8 Å². The van der Waals surface area contributed by atoms with Gasteiger partial charge in [-0.1, -0.05) is 30.3 Å². The summed E-state index contributed by atoms with van der Waals surface area (Å²) < 4.78 is 0. The van der Waals surface area contributed by atoms with Crippen molar-refractivity contribution in [1.82, 2.24) is 25.1 Å². The van der Waals surface area contributed by atoms with Crippen LogP contribution in [0.4, 0.5) is 0 Å². The number of carbonyl (C=O) groups excluding carboxylic acids is 1. The minimum absolute atomic E-state index is 0.0508. The molecule has 1 fully saturated rings. The maximum Gasteiger partial charge on any atom is 0.253 e. The summed E-state index contributed by atoms with van der Waals surface area (Å²) in [5.41, 5.74) is 1.67. The highest BCUT2D eigenvalue weighted by molar-refractivity contribution is 5.94. The lowest BCUT2D eigenvalue weighted by molar-refractivity contribution is 0.0704. The number of likely N-dealkylation sites (tertiary alicyclic amines) is 1. The minimum Gasteiger partial charge on any atom is -0.338 e. The summed E-state index contributed by atoms with van der Waals surface area (Å²) in [7, 11) is 0. The number of H-pyrrole nitrogens is 1. The number of benzene rings is 1. The average molecular weight is 333 g/mol. The van der Waals surface area contributed by atoms with Crippen LogP contribution in [0.15, 0.2) is 54.9 Å². The monoisotopic (exact) mass is 333 g/mol. The third-order valence-electron chi connectivity index (χ3n) is 4.56. The number of piperidine rings is 1. The zero-order valence-electron chi connectivity index (χ0n) is 13.8. The Morgan fingerprint density at radius 3 is 2.72 bits per heavy atom. The van der Waals surface area contributed by atoms with Gasteiger partial charge in [0.05, 0.1) is 0 Å². The Labute approximate surface area is 145 Å². The number of aromatic nitrogens is 4. The molecule has 0 spiro atoms. The largest absolute Gasteiger partial charge is 0.338 e. The van der Waals surface area contributed by atoms with Crippen molar-refractivity contribution in [3.63, 3.8) is 0 Å². The number of nitrogens with one attached hydrogen (secondary N) is 1. The van der Waals surface area contributed by atoms with Crippen LogP contribution in [0.25, 0.3) is 11.4 Å². The molecule has 1 atom stereocenters. The maximum atomic E-state index is 12.7. The molecule has 25 heavy (non-hydrogen) atoms. The number of nitrogens with zero attached hydrogens (tertiary/aromatic N) is 4. The molecule has 126 valence electrons. The fourth-order valence-electron chi connectivity index (χ4n) is 3.24. The number of rotatable bonds is 3. The molecule has 1 N–H and O–H groups in total. The summed E-state index contributed by atoms with van der Waals surface area (Å²) in [6.07, 6.45) is 5.26. The highest BCUT2D eigenvalue weighted by atomic mass is 16.2. The van der Waals surface area contributed by atoms with E-state index < -0.39 is 0 Å². The van der Waals surface area contributed by atoms with Crippen molar-refractivity contribution in [3.05, 3.63) is 66.2 Å². The van der Waals surface area contributed by atoms with E-state index in [1.165, 1.54) is 0 Å². The van der Waals surface area contributed by atoms with Crippen molar-refractivity contribution in [2.45, 2.75) is 18.8 Å². The number of hydrogen-bond donors (Lipinski definition) is 1. The van der Waals surface area contributed by atoms with E-state index in [1.807, 2.05) is 35.2 Å². The Balaban J connectivity index is 1.50. The van der Waals surface area contributed by atoms with E-state index in [0.717, 1.165) is 30.8 Å². The number of amides is 1. The van der Waals surface area contributed by atoms with Gasteiger partial charge >= 0.3 is 0 Å². The first-order chi connectivity index (χ1) is 12.3. The minimum atomic E-state index is 0.0508. The first-order valence-electron chi connectivity index (χ1n) is 8.48. The molecule has 1 saturated heterocycles. The Morgan fingerprint density at radius 1 is 1.12 bits per heavy atom. The standard InChI is InChI=1S/C19H19N5O/c25-19(15-8-10-20-11-9-15)24-12-4-7-16(13-24)18-21-17(22-23-18)14-5-2-1-3-6-14/h1-3,5-6,8-11,16H,4,7,12-13H2,(H,21,22,23)/t16-/m0/s1. The Hall–Kier alpha value is -3.02. The summed E-state index contributed by atoms with van der Waals surface area (Å²) in [5.74, 6) is 1.79. The van der Waals surface area contributed by atoms with E-state index in [2.05, 4.69) is 20.2 Å². The zero-order valence-corrected chi connectivity index (χ0v) is 13.8. The second kappa shape index (κ2) is 6.84. The van der Waals surface area contributed by atoms with Gasteiger partial charge in [0.2, 0.25) is 0 Å². The predicted octanol–water partition coefficient (Wildman–Crippen LogP) is 2.89. The van der Waals surface area contributed by atoms with Crippen LogP contribution >= 0.6 is 0 Å². The van der Waals surface area contributed by atoms with Crippen LogP contribution in [0.5, 0.6) is 0 Å². The Bertz CT molecular complexity index is 847. The highest BCUT2D eigenvalue weighted by Gasteiger charge is 2.27. The summed E-state index contributed by atoms with van der Waals surface area (Å²) in [5, 5.41) is 7.41. The van der Waals surface area contributed by atoms with Crippen LogP contribution in [-0.4, -0.2) is 44.1 Å². The maximum absolute atomic E-state index is 12.7. The quantitative estimate of drug-likeness (QED) is 0.800. The molecule has 2 aromatic heterocycles. The number of carbonyl (C=O) groups is 1. The van der Waals surface area contributed by atoms with Gasteiger partial charge in [0.1, 0.15) is 5.82 Å². The number of pyridine rings is 1. The molecular formula is C19H19N5O. The molecule has 0 unspecified atom stereocenters. The normalized spacial score (nSPS) is 17.4. The summed E-state index contributed by atoms with van der Waals surface area (Å²) >= 11 is 0. The Kier molecular flexibility index (Phi) is 4.24. The van der Waals surface area contributed by atoms with Crippen molar-refractivity contribution >= 4 is 5.91 Å². The Morgan fingerprint density at radius 2 is 1.92 bits per heavy atom. The van der Waals surface area contributed by atoms with E-state index in [0.29, 0.717) is 17.9 Å². The van der Waals surface area contributed by atoms with E-state index in [9.17, 15) is 4.79 Å². The molecule has 0 bridgehead atoms. The number of hydrogen-bond acceptors (Lipinski definition) is 4. The molecule has 4 rings (SSSR count). The highest BCUT2D eigenvalue weighted by Crippen LogP contribution is 2.26. The van der Waals surface area contributed by atoms with E-state index in [4.69, 9.17) is 0 Å². The lowest BCUT2D eigenvalue weighted by Crippen LogP contribution is -2.39. The fourth-order valence-corrected chi connectivity index (χ4v) is 3.24. The first kappa shape index (κ1) is 15.5. The molecule has 1 aliphatic rings. The molecule has 1 amide bonds. The fraction of sp³-hybridized carbons (Fsp3) is 0.263. The summed E-state index contributed by atoms with van der Waals surface area (Å²) in [6, 6.07) is 13.4. The third kappa shape index (κ3) is 3.28. The lowest BCUT2D eigenvalue weighted by Gasteiger charge is -2.31. The molecule has 1 aromatic carbocycles. The summed E-state index contributed by atoms with van der Waals surface area (Å²) in [4.78, 5) is 23.2. The van der Waals surface area contributed by atoms with Crippen LogP contribution < -0.4 is 0 Å². The first-order valence-corrected chi connectivity index (χ1v) is 8.48. The SMILES string of the molecule is O=C(c1ccncc1)N1CCC[C@H](c2nc(-c3ccccc3)n[nH]2)C1. The van der Waals surface area contributed by atoms with Gasteiger partial charge < -0.3 is 4.90 Å². The van der Waals surface area contributed by atoms with Crippen molar-refractivity contribution in [1.29, 1.82) is 0 Å². The summed E-state index contributed by atoms with van der Waals surface area (Å²) in [6.45, 7) is 1.43. The molecule has 3 heterocycles. The van der Waals surface area contributed by atoms with Crippen LogP contribution in [0.3, 0.4) is 0 Å². The zero-order chi connectivity index (χ0) is 17.1. The molecule has 0 saturated carbocycles. The number of aromatic amines is 1. The van der Waals surface area contributed by atoms with Gasteiger partial charge in [0.15, 0.2) is 5.82 Å². The molecule has 3 aromatic rings. The lowest BCUT2D eigenvalue weighted by atomic mass is 9.97. The van der Waals surface area contributed by atoms with Gasteiger partial charge in [-0.3, -0.25) is 14.9 Å². The van der Waals surface area contributed by atoms with Crippen LogP contribution in [-0.2, 0) is 0 Å². The molecule has 0 radical (unpaired) electrons. The van der Waals surface area contributed by atoms with Crippen LogP contribution in [0, 0.1) is 0 Å². The van der Waals surface area contributed by atoms with Gasteiger partial charge in [-0.2, -0.15) is 5.10 Å². The third-order valence-corrected chi connectivity index (χ3v) is 4.56. The van der Waals surface area contributed by atoms with E-state index in [-0.39, 0.29) is 11.8 Å². The van der Waals surface area contributed by atoms with Crippen molar-refractivity contribution < 1.29 is 4.79 Å². The molecule has 6 heteroatoms. The average Bonchev–Trinajstić information content (AvgIpc) is 3.19. The molecule has 0 aliphatic carbocycles. The van der Waals surface area contributed by atoms with Gasteiger partial charge in [0, 0.05) is 42.5 Å². The smallest absolute Gasteiger partial charge is 0.253 e. The second-order valence-electron chi connectivity index (χ2n) is 6.24. The molecular weight excluding hydrogens is 314 g/mol. The van der Waals surface area contributed by atoms with Crippen molar-refractivity contribution in [3.8, 4) is 11.4 Å². The van der Waals surface area contributed by atoms with Gasteiger partial charge in [-0.15, -0.1) is 0 Å². The molecule has 6 nitrogen and oxygen atoms in total. The van der Waals surface area contributed by atoms with Gasteiger partial charge in [-0.05, 0) is 25.0 Å². The van der Waals surface area contributed by atoms with Gasteiger partial charge in [-0.25, -0.2) is 4.98 Å². The van der Waals surface area contributed by atoms with Crippen LogP contribution in [0.2, 0.25) is 0 Å².